The van der Waals surface area contributed by atoms with Crippen LogP contribution in [0, 0.1) is 6.92 Å². The van der Waals surface area contributed by atoms with Crippen LogP contribution in [0.5, 0.6) is 0 Å². The van der Waals surface area contributed by atoms with Gasteiger partial charge in [-0.25, -0.2) is 4.98 Å². The fraction of sp³-hybridized carbons (Fsp3) is 0.417. The second kappa shape index (κ2) is 8.75. The summed E-state index contributed by atoms with van der Waals surface area (Å²) in [6.45, 7) is 8.91. The highest BCUT2D eigenvalue weighted by molar-refractivity contribution is 7.15. The number of hydrogen-bond acceptors (Lipinski definition) is 6. The van der Waals surface area contributed by atoms with Crippen LogP contribution in [0.25, 0.3) is 0 Å². The van der Waals surface area contributed by atoms with E-state index in [0.29, 0.717) is 0 Å². The molecule has 6 nitrogen and oxygen atoms in total. The van der Waals surface area contributed by atoms with Crippen LogP contribution in [-0.4, -0.2) is 32.5 Å². The highest BCUT2D eigenvalue weighted by Gasteiger charge is 2.39. The SMILES string of the molecule is CCc1nnc(Nc2cccc([C@H]3CCCN3C(=O)C(C)(C)c3ccc(C)cc3)n2)s1. The monoisotopic (exact) mass is 435 g/mol. The standard InChI is InChI=1S/C24H29N5OS/c1-5-21-27-28-23(31-21)26-20-10-6-8-18(25-20)19-9-7-15-29(19)22(30)24(3,4)17-13-11-16(2)12-14-17/h6,8,10-14,19H,5,7,9,15H2,1-4H3,(H,25,26,28)/t19-/m1/s1. The third-order valence-electron chi connectivity index (χ3n) is 5.94. The first-order valence-electron chi connectivity index (χ1n) is 10.8. The van der Waals surface area contributed by atoms with Crippen LogP contribution in [0.4, 0.5) is 10.9 Å². The topological polar surface area (TPSA) is 71.0 Å². The lowest BCUT2D eigenvalue weighted by atomic mass is 9.82. The van der Waals surface area contributed by atoms with E-state index in [1.165, 1.54) is 16.9 Å². The van der Waals surface area contributed by atoms with Crippen molar-refractivity contribution in [1.29, 1.82) is 0 Å². The summed E-state index contributed by atoms with van der Waals surface area (Å²) < 4.78 is 0. The predicted octanol–water partition coefficient (Wildman–Crippen LogP) is 5.19. The van der Waals surface area contributed by atoms with Gasteiger partial charge in [-0.3, -0.25) is 4.79 Å². The van der Waals surface area contributed by atoms with Gasteiger partial charge in [0.15, 0.2) is 0 Å². The van der Waals surface area contributed by atoms with Crippen LogP contribution >= 0.6 is 11.3 Å². The third kappa shape index (κ3) is 4.46. The van der Waals surface area contributed by atoms with E-state index in [4.69, 9.17) is 4.98 Å². The zero-order chi connectivity index (χ0) is 22.0. The van der Waals surface area contributed by atoms with Crippen molar-refractivity contribution in [3.63, 3.8) is 0 Å². The number of amides is 1. The molecule has 1 fully saturated rings. The van der Waals surface area contributed by atoms with Gasteiger partial charge in [0, 0.05) is 6.54 Å². The van der Waals surface area contributed by atoms with Crippen molar-refractivity contribution in [1.82, 2.24) is 20.1 Å². The molecule has 7 heteroatoms. The molecule has 0 radical (unpaired) electrons. The molecule has 162 valence electrons. The van der Waals surface area contributed by atoms with E-state index in [1.807, 2.05) is 36.9 Å². The number of hydrogen-bond donors (Lipinski definition) is 1. The molecule has 0 aliphatic carbocycles. The largest absolute Gasteiger partial charge is 0.333 e. The number of likely N-dealkylation sites (tertiary alicyclic amines) is 1. The maximum atomic E-state index is 13.6. The molecule has 0 unspecified atom stereocenters. The molecule has 2 aromatic heterocycles. The van der Waals surface area contributed by atoms with E-state index in [0.717, 1.165) is 53.0 Å². The smallest absolute Gasteiger partial charge is 0.233 e. The van der Waals surface area contributed by atoms with Gasteiger partial charge in [0.2, 0.25) is 11.0 Å². The summed E-state index contributed by atoms with van der Waals surface area (Å²) in [6.07, 6.45) is 2.77. The van der Waals surface area contributed by atoms with Gasteiger partial charge >= 0.3 is 0 Å². The summed E-state index contributed by atoms with van der Waals surface area (Å²) in [7, 11) is 0. The molecule has 1 aliphatic rings. The van der Waals surface area contributed by atoms with E-state index in [-0.39, 0.29) is 11.9 Å². The number of aromatic nitrogens is 3. The Labute approximate surface area is 187 Å². The van der Waals surface area contributed by atoms with Crippen molar-refractivity contribution in [3.8, 4) is 0 Å². The van der Waals surface area contributed by atoms with E-state index < -0.39 is 5.41 Å². The zero-order valence-corrected chi connectivity index (χ0v) is 19.4. The van der Waals surface area contributed by atoms with E-state index in [1.54, 1.807) is 0 Å². The molecule has 1 amide bonds. The van der Waals surface area contributed by atoms with Gasteiger partial charge in [0.25, 0.3) is 0 Å². The molecule has 0 saturated carbocycles. The maximum absolute atomic E-state index is 13.6. The Kier molecular flexibility index (Phi) is 6.05. The van der Waals surface area contributed by atoms with E-state index in [9.17, 15) is 4.79 Å². The fourth-order valence-electron chi connectivity index (χ4n) is 4.03. The second-order valence-electron chi connectivity index (χ2n) is 8.57. The molecule has 0 bridgehead atoms. The van der Waals surface area contributed by atoms with Gasteiger partial charge in [-0.05, 0) is 57.7 Å². The van der Waals surface area contributed by atoms with Crippen molar-refractivity contribution >= 4 is 28.2 Å². The van der Waals surface area contributed by atoms with Crippen LogP contribution in [-0.2, 0) is 16.6 Å². The molecule has 4 rings (SSSR count). The minimum atomic E-state index is -0.588. The lowest BCUT2D eigenvalue weighted by Crippen LogP contribution is -2.43. The number of pyridine rings is 1. The lowest BCUT2D eigenvalue weighted by molar-refractivity contribution is -0.137. The van der Waals surface area contributed by atoms with Gasteiger partial charge in [-0.1, -0.05) is 54.2 Å². The normalized spacial score (nSPS) is 16.5. The van der Waals surface area contributed by atoms with E-state index in [2.05, 4.69) is 53.6 Å². The first kappa shape index (κ1) is 21.4. The summed E-state index contributed by atoms with van der Waals surface area (Å²) in [4.78, 5) is 20.4. The van der Waals surface area contributed by atoms with Crippen molar-refractivity contribution in [3.05, 3.63) is 64.3 Å². The molecule has 0 spiro atoms. The Balaban J connectivity index is 1.55. The summed E-state index contributed by atoms with van der Waals surface area (Å²) in [5.41, 5.74) is 2.56. The molecule has 1 aliphatic heterocycles. The Hall–Kier alpha value is -2.80. The molecule has 3 aromatic rings. The van der Waals surface area contributed by atoms with E-state index >= 15 is 0 Å². The summed E-state index contributed by atoms with van der Waals surface area (Å²) in [6, 6.07) is 14.2. The molecular formula is C24H29N5OS. The molecule has 3 heterocycles. The molecule has 31 heavy (non-hydrogen) atoms. The average molecular weight is 436 g/mol. The Morgan fingerprint density at radius 2 is 1.97 bits per heavy atom. The number of benzene rings is 1. The first-order valence-corrected chi connectivity index (χ1v) is 11.6. The van der Waals surface area contributed by atoms with Gasteiger partial charge < -0.3 is 10.2 Å². The molecular weight excluding hydrogens is 406 g/mol. The lowest BCUT2D eigenvalue weighted by Gasteiger charge is -2.33. The number of nitrogens with zero attached hydrogens (tertiary/aromatic N) is 4. The summed E-state index contributed by atoms with van der Waals surface area (Å²) >= 11 is 1.54. The highest BCUT2D eigenvalue weighted by atomic mass is 32.1. The number of carbonyl (C=O) groups is 1. The second-order valence-corrected chi connectivity index (χ2v) is 9.64. The van der Waals surface area contributed by atoms with Gasteiger partial charge in [0.1, 0.15) is 10.8 Å². The minimum Gasteiger partial charge on any atom is -0.333 e. The zero-order valence-electron chi connectivity index (χ0n) is 18.6. The molecule has 1 saturated heterocycles. The maximum Gasteiger partial charge on any atom is 0.233 e. The summed E-state index contributed by atoms with van der Waals surface area (Å²) in [5.74, 6) is 0.879. The van der Waals surface area contributed by atoms with Crippen LogP contribution in [0.1, 0.15) is 61.5 Å². The quantitative estimate of drug-likeness (QED) is 0.577. The molecule has 1 atom stereocenters. The van der Waals surface area contributed by atoms with Gasteiger partial charge in [-0.2, -0.15) is 0 Å². The van der Waals surface area contributed by atoms with Crippen molar-refractivity contribution in [2.75, 3.05) is 11.9 Å². The van der Waals surface area contributed by atoms with Crippen LogP contribution in [0.2, 0.25) is 0 Å². The van der Waals surface area contributed by atoms with Crippen LogP contribution < -0.4 is 5.32 Å². The Morgan fingerprint density at radius 1 is 1.19 bits per heavy atom. The minimum absolute atomic E-state index is 0.0143. The number of nitrogens with one attached hydrogen (secondary N) is 1. The Morgan fingerprint density at radius 3 is 2.68 bits per heavy atom. The fourth-order valence-corrected chi connectivity index (χ4v) is 4.72. The van der Waals surface area contributed by atoms with Crippen LogP contribution in [0.15, 0.2) is 42.5 Å². The molecule has 1 aromatic carbocycles. The van der Waals surface area contributed by atoms with Crippen molar-refractivity contribution in [2.45, 2.75) is 58.4 Å². The molecule has 1 N–H and O–H groups in total. The van der Waals surface area contributed by atoms with Crippen molar-refractivity contribution < 1.29 is 4.79 Å². The third-order valence-corrected chi connectivity index (χ3v) is 6.92. The number of carbonyl (C=O) groups excluding carboxylic acids is 1. The summed E-state index contributed by atoms with van der Waals surface area (Å²) in [5, 5.41) is 13.3. The average Bonchev–Trinajstić information content (AvgIpc) is 3.43. The Bertz CT molecular complexity index is 1060. The highest BCUT2D eigenvalue weighted by Crippen LogP contribution is 2.36. The van der Waals surface area contributed by atoms with Crippen molar-refractivity contribution in [2.24, 2.45) is 0 Å². The van der Waals surface area contributed by atoms with Gasteiger partial charge in [-0.15, -0.1) is 10.2 Å². The van der Waals surface area contributed by atoms with Crippen LogP contribution in [0.3, 0.4) is 0 Å². The number of anilines is 2. The predicted molar refractivity (Wildman–Crippen MR) is 125 cm³/mol. The number of aryl methyl sites for hydroxylation is 2. The van der Waals surface area contributed by atoms with Gasteiger partial charge in [0.05, 0.1) is 17.2 Å². The first-order chi connectivity index (χ1) is 14.9. The number of rotatable bonds is 6.